The molecule has 10 heteroatoms. The van der Waals surface area contributed by atoms with Gasteiger partial charge in [-0.25, -0.2) is 14.2 Å². The lowest BCUT2D eigenvalue weighted by atomic mass is 9.91. The van der Waals surface area contributed by atoms with E-state index in [1.165, 1.54) is 30.5 Å². The molecule has 188 valence electrons. The number of benzene rings is 1. The van der Waals surface area contributed by atoms with Crippen molar-refractivity contribution >= 4 is 35.3 Å². The Morgan fingerprint density at radius 3 is 2.31 bits per heavy atom. The summed E-state index contributed by atoms with van der Waals surface area (Å²) in [7, 11) is 0. The van der Waals surface area contributed by atoms with Crippen LogP contribution in [0.25, 0.3) is 0 Å². The van der Waals surface area contributed by atoms with Gasteiger partial charge in [-0.1, -0.05) is 17.7 Å². The largest absolute Gasteiger partial charge is 0.444 e. The van der Waals surface area contributed by atoms with Gasteiger partial charge in [-0.3, -0.25) is 9.59 Å². The normalized spacial score (nSPS) is 17.9. The van der Waals surface area contributed by atoms with E-state index in [9.17, 15) is 18.8 Å². The molecular weight excluding hydrogens is 475 g/mol. The highest BCUT2D eigenvalue weighted by Gasteiger charge is 2.27. The van der Waals surface area contributed by atoms with Crippen LogP contribution in [-0.2, 0) is 16.0 Å². The number of pyridine rings is 1. The molecule has 35 heavy (non-hydrogen) atoms. The first kappa shape index (κ1) is 26.4. The number of carbonyl (C=O) groups is 3. The van der Waals surface area contributed by atoms with Crippen molar-refractivity contribution in [1.82, 2.24) is 15.6 Å². The highest BCUT2D eigenvalue weighted by Crippen LogP contribution is 2.21. The molecule has 1 aromatic heterocycles. The molecule has 3 N–H and O–H groups in total. The molecule has 1 aliphatic rings. The zero-order chi connectivity index (χ0) is 25.6. The van der Waals surface area contributed by atoms with E-state index in [0.29, 0.717) is 30.7 Å². The van der Waals surface area contributed by atoms with Crippen LogP contribution in [0.2, 0.25) is 5.02 Å². The number of rotatable bonds is 6. The lowest BCUT2D eigenvalue weighted by Crippen LogP contribution is -2.45. The van der Waals surface area contributed by atoms with Gasteiger partial charge in [-0.05, 0) is 70.7 Å². The Morgan fingerprint density at radius 2 is 1.71 bits per heavy atom. The predicted molar refractivity (Wildman–Crippen MR) is 131 cm³/mol. The van der Waals surface area contributed by atoms with E-state index in [2.05, 4.69) is 20.9 Å². The van der Waals surface area contributed by atoms with Crippen LogP contribution in [0.5, 0.6) is 0 Å². The number of aromatic nitrogens is 1. The molecule has 0 radical (unpaired) electrons. The second-order valence-corrected chi connectivity index (χ2v) is 9.96. The predicted octanol–water partition coefficient (Wildman–Crippen LogP) is 4.62. The number of ether oxygens (including phenoxy) is 1. The molecule has 2 aromatic rings. The summed E-state index contributed by atoms with van der Waals surface area (Å²) in [5.41, 5.74) is -0.449. The molecule has 0 aliphatic heterocycles. The van der Waals surface area contributed by atoms with E-state index >= 15 is 0 Å². The zero-order valence-corrected chi connectivity index (χ0v) is 20.7. The third-order valence-electron chi connectivity index (χ3n) is 5.48. The maximum atomic E-state index is 14.6. The van der Waals surface area contributed by atoms with E-state index in [4.69, 9.17) is 16.3 Å². The molecule has 0 bridgehead atoms. The second kappa shape index (κ2) is 11.5. The van der Waals surface area contributed by atoms with E-state index in [1.807, 2.05) is 0 Å². The number of carbonyl (C=O) groups excluding carboxylic acids is 3. The summed E-state index contributed by atoms with van der Waals surface area (Å²) in [6.07, 6.45) is 3.26. The smallest absolute Gasteiger partial charge is 0.407 e. The fourth-order valence-electron chi connectivity index (χ4n) is 3.87. The molecule has 0 spiro atoms. The highest BCUT2D eigenvalue weighted by atomic mass is 35.5. The summed E-state index contributed by atoms with van der Waals surface area (Å²) in [6.45, 7) is 5.41. The Kier molecular flexibility index (Phi) is 8.67. The number of nitrogens with zero attached hydrogens (tertiary/aromatic N) is 1. The Bertz CT molecular complexity index is 1060. The lowest BCUT2D eigenvalue weighted by molar-refractivity contribution is -0.115. The summed E-state index contributed by atoms with van der Waals surface area (Å²) in [5.74, 6) is -1.31. The molecule has 1 saturated carbocycles. The van der Waals surface area contributed by atoms with Crippen LogP contribution in [0.15, 0.2) is 36.5 Å². The van der Waals surface area contributed by atoms with E-state index in [0.717, 1.165) is 0 Å². The number of anilines is 1. The number of hydrogen-bond donors (Lipinski definition) is 3. The molecular formula is C25H30ClFN4O4. The first-order chi connectivity index (χ1) is 16.5. The van der Waals surface area contributed by atoms with Gasteiger partial charge in [0.2, 0.25) is 5.91 Å². The van der Waals surface area contributed by atoms with Gasteiger partial charge < -0.3 is 20.7 Å². The van der Waals surface area contributed by atoms with Gasteiger partial charge in [0.05, 0.1) is 11.4 Å². The maximum Gasteiger partial charge on any atom is 0.407 e. The average Bonchev–Trinajstić information content (AvgIpc) is 2.76. The van der Waals surface area contributed by atoms with Crippen molar-refractivity contribution in [3.63, 3.8) is 0 Å². The van der Waals surface area contributed by atoms with Crippen LogP contribution >= 0.6 is 11.6 Å². The summed E-state index contributed by atoms with van der Waals surface area (Å²) < 4.78 is 19.9. The molecule has 1 heterocycles. The van der Waals surface area contributed by atoms with Crippen LogP contribution in [0, 0.1) is 5.82 Å². The van der Waals surface area contributed by atoms with Crippen LogP contribution in [0.3, 0.4) is 0 Å². The van der Waals surface area contributed by atoms with E-state index in [1.54, 1.807) is 26.8 Å². The molecule has 8 nitrogen and oxygen atoms in total. The first-order valence-corrected chi connectivity index (χ1v) is 11.9. The monoisotopic (exact) mass is 504 g/mol. The van der Waals surface area contributed by atoms with E-state index in [-0.39, 0.29) is 35.4 Å². The SMILES string of the molecule is CC(C)(C)OC(=O)NC1CCC(NC(=O)c2cccc(F)c2CC(=O)Nc2ccc(Cl)cn2)CC1. The van der Waals surface area contributed by atoms with Gasteiger partial charge >= 0.3 is 6.09 Å². The Labute approximate surface area is 209 Å². The number of nitrogens with one attached hydrogen (secondary N) is 3. The minimum Gasteiger partial charge on any atom is -0.444 e. The third-order valence-corrected chi connectivity index (χ3v) is 5.70. The Morgan fingerprint density at radius 1 is 1.06 bits per heavy atom. The van der Waals surface area contributed by atoms with Crippen molar-refractivity contribution in [1.29, 1.82) is 0 Å². The molecule has 0 atom stereocenters. The number of alkyl carbamates (subject to hydrolysis) is 1. The van der Waals surface area contributed by atoms with Crippen molar-refractivity contribution in [2.24, 2.45) is 0 Å². The minimum absolute atomic E-state index is 0.0109. The summed E-state index contributed by atoms with van der Waals surface area (Å²) in [6, 6.07) is 7.10. The van der Waals surface area contributed by atoms with Crippen molar-refractivity contribution in [2.45, 2.75) is 70.6 Å². The van der Waals surface area contributed by atoms with E-state index < -0.39 is 29.3 Å². The van der Waals surface area contributed by atoms with Gasteiger partial charge in [0.25, 0.3) is 5.91 Å². The Balaban J connectivity index is 1.56. The molecule has 1 aliphatic carbocycles. The standard InChI is InChI=1S/C25H30ClFN4O4/c1-25(2,3)35-24(34)30-17-10-8-16(9-11-17)29-23(33)18-5-4-6-20(27)19(18)13-22(32)31-21-12-7-15(26)14-28-21/h4-7,12,14,16-17H,8-11,13H2,1-3H3,(H,29,33)(H,30,34)(H,28,31,32). The van der Waals surface area contributed by atoms with Crippen LogP contribution in [0.4, 0.5) is 15.0 Å². The van der Waals surface area contributed by atoms with Crippen LogP contribution < -0.4 is 16.0 Å². The molecule has 3 amide bonds. The molecule has 1 fully saturated rings. The fraction of sp³-hybridized carbons (Fsp3) is 0.440. The molecule has 3 rings (SSSR count). The van der Waals surface area contributed by atoms with Crippen molar-refractivity contribution in [3.8, 4) is 0 Å². The summed E-state index contributed by atoms with van der Waals surface area (Å²) >= 11 is 5.79. The first-order valence-electron chi connectivity index (χ1n) is 11.5. The van der Waals surface area contributed by atoms with Gasteiger partial charge in [0, 0.05) is 29.4 Å². The van der Waals surface area contributed by atoms with Gasteiger partial charge in [-0.2, -0.15) is 0 Å². The fourth-order valence-corrected chi connectivity index (χ4v) is 3.98. The Hall–Kier alpha value is -3.20. The number of halogens is 2. The number of hydrogen-bond acceptors (Lipinski definition) is 5. The summed E-state index contributed by atoms with van der Waals surface area (Å²) in [4.78, 5) is 41.4. The van der Waals surface area contributed by atoms with Crippen LogP contribution in [0.1, 0.15) is 62.4 Å². The van der Waals surface area contributed by atoms with Crippen molar-refractivity contribution in [3.05, 3.63) is 58.5 Å². The van der Waals surface area contributed by atoms with Gasteiger partial charge in [0.15, 0.2) is 0 Å². The maximum absolute atomic E-state index is 14.6. The molecule has 0 unspecified atom stereocenters. The highest BCUT2D eigenvalue weighted by molar-refractivity contribution is 6.30. The van der Waals surface area contributed by atoms with Gasteiger partial charge in [0.1, 0.15) is 17.2 Å². The third kappa shape index (κ3) is 8.20. The second-order valence-electron chi connectivity index (χ2n) is 9.52. The van der Waals surface area contributed by atoms with Crippen molar-refractivity contribution in [2.75, 3.05) is 5.32 Å². The minimum atomic E-state index is -0.637. The van der Waals surface area contributed by atoms with Gasteiger partial charge in [-0.15, -0.1) is 0 Å². The van der Waals surface area contributed by atoms with Crippen molar-refractivity contribution < 1.29 is 23.5 Å². The molecule has 0 saturated heterocycles. The number of amides is 3. The van der Waals surface area contributed by atoms with Crippen LogP contribution in [-0.4, -0.2) is 40.6 Å². The zero-order valence-electron chi connectivity index (χ0n) is 20.0. The topological polar surface area (TPSA) is 109 Å². The summed E-state index contributed by atoms with van der Waals surface area (Å²) in [5, 5.41) is 8.79. The lowest BCUT2D eigenvalue weighted by Gasteiger charge is -2.30. The molecule has 1 aromatic carbocycles. The average molecular weight is 505 g/mol. The quantitative estimate of drug-likeness (QED) is 0.531.